The van der Waals surface area contributed by atoms with Crippen LogP contribution in [-0.4, -0.2) is 30.0 Å². The van der Waals surface area contributed by atoms with Crippen LogP contribution in [0, 0.1) is 11.3 Å². The molecule has 0 fully saturated rings. The molecule has 1 atom stereocenters. The number of ether oxygens (including phenoxy) is 1. The number of carbonyl (C=O) groups is 2. The first-order chi connectivity index (χ1) is 16.1. The number of urea groups is 1. The molecule has 3 rings (SSSR count). The number of alkyl halides is 3. The van der Waals surface area contributed by atoms with Crippen LogP contribution >= 0.6 is 0 Å². The quantitative estimate of drug-likeness (QED) is 0.496. The maximum atomic E-state index is 13.6. The number of allylic oxidation sites excluding steroid dienone is 1. The van der Waals surface area contributed by atoms with Crippen molar-refractivity contribution in [3.8, 4) is 6.07 Å². The van der Waals surface area contributed by atoms with Gasteiger partial charge in [-0.2, -0.15) is 18.4 Å². The number of carbonyl (C=O) groups excluding carboxylic acids is 2. The molecule has 176 valence electrons. The molecule has 0 aromatic heterocycles. The third kappa shape index (κ3) is 4.65. The molecule has 0 spiro atoms. The minimum Gasteiger partial charge on any atom is -0.432 e. The van der Waals surface area contributed by atoms with Crippen LogP contribution in [0.2, 0.25) is 0 Å². The summed E-state index contributed by atoms with van der Waals surface area (Å²) in [5.41, 5.74) is 5.72. The number of benzene rings is 2. The van der Waals surface area contributed by atoms with E-state index in [1.165, 1.54) is 36.1 Å². The maximum Gasteiger partial charge on any atom is 0.416 e. The SMILES string of the molecule is C=COC(=O)C1=C(C)N(c2cccc(C(F)(F)F)c2)C(=O)N(CCN)C1c1ccc(C#N)cc1. The summed E-state index contributed by atoms with van der Waals surface area (Å²) in [6.45, 7) is 4.86. The number of hydrogen-bond donors (Lipinski definition) is 1. The normalized spacial score (nSPS) is 16.4. The summed E-state index contributed by atoms with van der Waals surface area (Å²) in [6.07, 6.45) is -3.70. The molecule has 0 radical (unpaired) electrons. The highest BCUT2D eigenvalue weighted by molar-refractivity contribution is 6.03. The zero-order valence-corrected chi connectivity index (χ0v) is 18.2. The van der Waals surface area contributed by atoms with E-state index < -0.39 is 29.8 Å². The summed E-state index contributed by atoms with van der Waals surface area (Å²) in [7, 11) is 0. The van der Waals surface area contributed by atoms with E-state index in [4.69, 9.17) is 15.7 Å². The van der Waals surface area contributed by atoms with Gasteiger partial charge in [0.2, 0.25) is 0 Å². The lowest BCUT2D eigenvalue weighted by Gasteiger charge is -2.42. The molecular formula is C24H21F3N4O3. The lowest BCUT2D eigenvalue weighted by atomic mass is 9.92. The molecule has 34 heavy (non-hydrogen) atoms. The van der Waals surface area contributed by atoms with Gasteiger partial charge in [-0.1, -0.05) is 24.8 Å². The van der Waals surface area contributed by atoms with Gasteiger partial charge in [-0.15, -0.1) is 0 Å². The van der Waals surface area contributed by atoms with Crippen molar-refractivity contribution in [3.05, 3.63) is 89.3 Å². The van der Waals surface area contributed by atoms with Gasteiger partial charge in [0, 0.05) is 18.8 Å². The molecule has 2 aromatic rings. The second-order valence-corrected chi connectivity index (χ2v) is 7.36. The number of nitrogens with zero attached hydrogens (tertiary/aromatic N) is 3. The number of rotatable bonds is 6. The van der Waals surface area contributed by atoms with E-state index in [0.717, 1.165) is 23.3 Å². The number of nitriles is 1. The maximum absolute atomic E-state index is 13.6. The van der Waals surface area contributed by atoms with Crippen molar-refractivity contribution in [2.75, 3.05) is 18.0 Å². The average Bonchev–Trinajstić information content (AvgIpc) is 2.80. The summed E-state index contributed by atoms with van der Waals surface area (Å²) in [6, 6.07) is 10.9. The molecule has 7 nitrogen and oxygen atoms in total. The van der Waals surface area contributed by atoms with Crippen LogP contribution in [0.15, 0.2) is 72.6 Å². The third-order valence-corrected chi connectivity index (χ3v) is 5.31. The second kappa shape index (κ2) is 9.80. The fourth-order valence-corrected chi connectivity index (χ4v) is 3.83. The lowest BCUT2D eigenvalue weighted by Crippen LogP contribution is -2.52. The van der Waals surface area contributed by atoms with E-state index in [0.29, 0.717) is 11.1 Å². The monoisotopic (exact) mass is 470 g/mol. The summed E-state index contributed by atoms with van der Waals surface area (Å²) in [4.78, 5) is 28.9. The second-order valence-electron chi connectivity index (χ2n) is 7.36. The highest BCUT2D eigenvalue weighted by Gasteiger charge is 2.43. The van der Waals surface area contributed by atoms with Crippen LogP contribution in [0.5, 0.6) is 0 Å². The average molecular weight is 470 g/mol. The van der Waals surface area contributed by atoms with Crippen LogP contribution in [0.25, 0.3) is 0 Å². The van der Waals surface area contributed by atoms with E-state index in [2.05, 4.69) is 6.58 Å². The predicted molar refractivity (Wildman–Crippen MR) is 118 cm³/mol. The van der Waals surface area contributed by atoms with Gasteiger partial charge in [-0.25, -0.2) is 9.59 Å². The van der Waals surface area contributed by atoms with Crippen LogP contribution in [-0.2, 0) is 15.7 Å². The Balaban J connectivity index is 2.26. The standard InChI is InChI=1S/C24H21F3N4O3/c1-3-34-22(32)20-15(2)31(19-6-4-5-18(13-19)24(25,26)27)23(33)30(12-11-28)21(20)17-9-7-16(14-29)8-10-17/h3-10,13,21H,1,11-12,28H2,2H3. The first-order valence-corrected chi connectivity index (χ1v) is 10.1. The minimum atomic E-state index is -4.63. The van der Waals surface area contributed by atoms with E-state index in [-0.39, 0.29) is 30.0 Å². The number of anilines is 1. The Labute approximate surface area is 194 Å². The smallest absolute Gasteiger partial charge is 0.416 e. The van der Waals surface area contributed by atoms with Crippen LogP contribution < -0.4 is 10.6 Å². The number of esters is 1. The highest BCUT2D eigenvalue weighted by atomic mass is 19.4. The van der Waals surface area contributed by atoms with Crippen molar-refractivity contribution in [1.82, 2.24) is 4.90 Å². The van der Waals surface area contributed by atoms with Gasteiger partial charge in [-0.05, 0) is 42.8 Å². The van der Waals surface area contributed by atoms with Gasteiger partial charge < -0.3 is 15.4 Å². The van der Waals surface area contributed by atoms with Crippen molar-refractivity contribution in [3.63, 3.8) is 0 Å². The molecule has 2 aromatic carbocycles. The Morgan fingerprint density at radius 1 is 1.26 bits per heavy atom. The highest BCUT2D eigenvalue weighted by Crippen LogP contribution is 2.41. The third-order valence-electron chi connectivity index (χ3n) is 5.31. The fraction of sp³-hybridized carbons (Fsp3) is 0.208. The van der Waals surface area contributed by atoms with E-state index in [9.17, 15) is 22.8 Å². The van der Waals surface area contributed by atoms with Crippen molar-refractivity contribution in [2.45, 2.75) is 19.1 Å². The van der Waals surface area contributed by atoms with E-state index in [1.54, 1.807) is 12.1 Å². The molecule has 1 heterocycles. The molecule has 1 unspecified atom stereocenters. The Bertz CT molecular complexity index is 1180. The number of nitrogens with two attached hydrogens (primary N) is 1. The van der Waals surface area contributed by atoms with Crippen LogP contribution in [0.3, 0.4) is 0 Å². The fourth-order valence-electron chi connectivity index (χ4n) is 3.83. The largest absolute Gasteiger partial charge is 0.432 e. The number of amides is 2. The summed E-state index contributed by atoms with van der Waals surface area (Å²) < 4.78 is 45.0. The first-order valence-electron chi connectivity index (χ1n) is 10.1. The zero-order valence-electron chi connectivity index (χ0n) is 18.2. The molecule has 10 heteroatoms. The minimum absolute atomic E-state index is 0.00286. The number of halogens is 3. The van der Waals surface area contributed by atoms with Gasteiger partial charge in [0.1, 0.15) is 0 Å². The van der Waals surface area contributed by atoms with Crippen molar-refractivity contribution in [1.29, 1.82) is 5.26 Å². The van der Waals surface area contributed by atoms with Gasteiger partial charge in [-0.3, -0.25) is 4.90 Å². The molecule has 1 aliphatic heterocycles. The van der Waals surface area contributed by atoms with Gasteiger partial charge in [0.15, 0.2) is 0 Å². The van der Waals surface area contributed by atoms with Gasteiger partial charge in [0.25, 0.3) is 0 Å². The molecule has 0 bridgehead atoms. The molecule has 1 aliphatic rings. The van der Waals surface area contributed by atoms with Crippen molar-refractivity contribution >= 4 is 17.7 Å². The van der Waals surface area contributed by atoms with Crippen molar-refractivity contribution < 1.29 is 27.5 Å². The molecule has 2 amide bonds. The van der Waals surface area contributed by atoms with Gasteiger partial charge in [0.05, 0.1) is 40.8 Å². The Kier molecular flexibility index (Phi) is 7.08. The molecule has 0 aliphatic carbocycles. The lowest BCUT2D eigenvalue weighted by molar-refractivity contribution is -0.137. The van der Waals surface area contributed by atoms with Crippen molar-refractivity contribution in [2.24, 2.45) is 5.73 Å². The Morgan fingerprint density at radius 2 is 1.94 bits per heavy atom. The summed E-state index contributed by atoms with van der Waals surface area (Å²) >= 11 is 0. The first kappa shape index (κ1) is 24.5. The van der Waals surface area contributed by atoms with Crippen LogP contribution in [0.1, 0.15) is 29.7 Å². The predicted octanol–water partition coefficient (Wildman–Crippen LogP) is 4.48. The Hall–Kier alpha value is -4.10. The van der Waals surface area contributed by atoms with Crippen LogP contribution in [0.4, 0.5) is 23.7 Å². The summed E-state index contributed by atoms with van der Waals surface area (Å²) in [5.74, 6) is -0.826. The van der Waals surface area contributed by atoms with E-state index >= 15 is 0 Å². The van der Waals surface area contributed by atoms with E-state index in [1.807, 2.05) is 6.07 Å². The molecular weight excluding hydrogens is 449 g/mol. The zero-order chi connectivity index (χ0) is 25.0. The summed E-state index contributed by atoms with van der Waals surface area (Å²) in [5, 5.41) is 9.10. The Morgan fingerprint density at radius 3 is 2.50 bits per heavy atom. The molecule has 0 saturated heterocycles. The topological polar surface area (TPSA) is 99.7 Å². The molecule has 0 saturated carbocycles. The van der Waals surface area contributed by atoms with Gasteiger partial charge >= 0.3 is 18.2 Å². The molecule has 2 N–H and O–H groups in total. The number of hydrogen-bond acceptors (Lipinski definition) is 5.